The molecule has 1 atom stereocenters. The summed E-state index contributed by atoms with van der Waals surface area (Å²) >= 11 is 0. The van der Waals surface area contributed by atoms with Crippen molar-refractivity contribution in [2.75, 3.05) is 0 Å². The molecule has 2 rings (SSSR count). The van der Waals surface area contributed by atoms with Crippen LogP contribution in [0.2, 0.25) is 0 Å². The van der Waals surface area contributed by atoms with Crippen LogP contribution in [0.1, 0.15) is 16.7 Å². The van der Waals surface area contributed by atoms with Crippen molar-refractivity contribution in [2.45, 2.75) is 25.1 Å². The molecule has 2 aromatic rings. The number of hydrogen-bond acceptors (Lipinski definition) is 2. The van der Waals surface area contributed by atoms with Crippen LogP contribution >= 0.6 is 0 Å². The van der Waals surface area contributed by atoms with Gasteiger partial charge in [-0.1, -0.05) is 24.3 Å². The Bertz CT molecular complexity index is 851. The summed E-state index contributed by atoms with van der Waals surface area (Å²) in [7, 11) is 0. The second kappa shape index (κ2) is 8.15. The van der Waals surface area contributed by atoms with E-state index in [2.05, 4.69) is 5.32 Å². The summed E-state index contributed by atoms with van der Waals surface area (Å²) < 4.78 is 65.5. The first-order valence-electron chi connectivity index (χ1n) is 7.69. The number of carboxylic acids is 1. The zero-order valence-corrected chi connectivity index (χ0v) is 13.7. The van der Waals surface area contributed by atoms with Gasteiger partial charge in [-0.3, -0.25) is 4.79 Å². The third kappa shape index (κ3) is 5.50. The van der Waals surface area contributed by atoms with Crippen molar-refractivity contribution < 1.29 is 36.6 Å². The van der Waals surface area contributed by atoms with Gasteiger partial charge >= 0.3 is 12.1 Å². The molecule has 0 aromatic heterocycles. The molecule has 0 radical (unpaired) electrons. The molecule has 1 amide bonds. The molecule has 2 N–H and O–H groups in total. The minimum absolute atomic E-state index is 0.172. The second-order valence-electron chi connectivity index (χ2n) is 5.73. The van der Waals surface area contributed by atoms with Gasteiger partial charge in [0.15, 0.2) is 0 Å². The first-order chi connectivity index (χ1) is 12.6. The lowest BCUT2D eigenvalue weighted by Crippen LogP contribution is -2.43. The van der Waals surface area contributed by atoms with Gasteiger partial charge in [0.05, 0.1) is 12.0 Å². The van der Waals surface area contributed by atoms with E-state index in [-0.39, 0.29) is 11.1 Å². The SMILES string of the molecule is O=C(Cc1ccc(F)cc1F)N[C@@H](Cc1ccccc1C(F)(F)F)C(=O)O. The third-order valence-electron chi connectivity index (χ3n) is 3.75. The molecule has 0 fully saturated rings. The molecule has 0 aliphatic rings. The largest absolute Gasteiger partial charge is 0.480 e. The van der Waals surface area contributed by atoms with Crippen molar-refractivity contribution in [3.05, 3.63) is 70.8 Å². The van der Waals surface area contributed by atoms with Gasteiger partial charge in [0.1, 0.15) is 17.7 Å². The van der Waals surface area contributed by atoms with E-state index in [1.165, 1.54) is 6.07 Å². The Morgan fingerprint density at radius 1 is 1.04 bits per heavy atom. The quantitative estimate of drug-likeness (QED) is 0.748. The average molecular weight is 387 g/mol. The van der Waals surface area contributed by atoms with E-state index >= 15 is 0 Å². The lowest BCUT2D eigenvalue weighted by Gasteiger charge is -2.18. The number of aliphatic carboxylic acids is 1. The maximum Gasteiger partial charge on any atom is 0.416 e. The predicted octanol–water partition coefficient (Wildman–Crippen LogP) is 3.34. The van der Waals surface area contributed by atoms with Crippen molar-refractivity contribution in [1.82, 2.24) is 5.32 Å². The van der Waals surface area contributed by atoms with Crippen LogP contribution in [0.5, 0.6) is 0 Å². The van der Waals surface area contributed by atoms with Gasteiger partial charge in [-0.15, -0.1) is 0 Å². The standard InChI is InChI=1S/C18H14F5NO3/c19-12-6-5-11(14(20)9-12)8-16(25)24-15(17(26)27)7-10-3-1-2-4-13(10)18(21,22)23/h1-6,9,15H,7-8H2,(H,24,25)(H,26,27)/t15-/m0/s1. The van der Waals surface area contributed by atoms with Crippen LogP contribution in [0.25, 0.3) is 0 Å². The molecule has 0 spiro atoms. The highest BCUT2D eigenvalue weighted by Gasteiger charge is 2.34. The van der Waals surface area contributed by atoms with Crippen LogP contribution < -0.4 is 5.32 Å². The highest BCUT2D eigenvalue weighted by Crippen LogP contribution is 2.32. The van der Waals surface area contributed by atoms with Crippen molar-refractivity contribution >= 4 is 11.9 Å². The zero-order valence-electron chi connectivity index (χ0n) is 13.7. The summed E-state index contributed by atoms with van der Waals surface area (Å²) in [4.78, 5) is 23.3. The second-order valence-corrected chi connectivity index (χ2v) is 5.73. The Hall–Kier alpha value is -2.97. The molecule has 0 heterocycles. The van der Waals surface area contributed by atoms with Gasteiger partial charge in [-0.05, 0) is 23.3 Å². The topological polar surface area (TPSA) is 66.4 Å². The fourth-order valence-corrected chi connectivity index (χ4v) is 2.48. The van der Waals surface area contributed by atoms with Crippen LogP contribution in [0.4, 0.5) is 22.0 Å². The summed E-state index contributed by atoms with van der Waals surface area (Å²) in [6.45, 7) is 0. The van der Waals surface area contributed by atoms with E-state index in [0.717, 1.165) is 30.3 Å². The molecule has 0 unspecified atom stereocenters. The number of hydrogen-bond donors (Lipinski definition) is 2. The van der Waals surface area contributed by atoms with Gasteiger partial charge in [-0.25, -0.2) is 13.6 Å². The third-order valence-corrected chi connectivity index (χ3v) is 3.75. The average Bonchev–Trinajstić information content (AvgIpc) is 2.56. The summed E-state index contributed by atoms with van der Waals surface area (Å²) in [5.74, 6) is -4.29. The molecule has 4 nitrogen and oxygen atoms in total. The zero-order chi connectivity index (χ0) is 20.2. The van der Waals surface area contributed by atoms with Crippen LogP contribution in [0.3, 0.4) is 0 Å². The van der Waals surface area contributed by atoms with Crippen molar-refractivity contribution in [3.8, 4) is 0 Å². The fourth-order valence-electron chi connectivity index (χ4n) is 2.48. The Morgan fingerprint density at radius 3 is 2.30 bits per heavy atom. The number of benzene rings is 2. The molecule has 0 bridgehead atoms. The molecule has 0 saturated heterocycles. The Balaban J connectivity index is 2.15. The number of carbonyl (C=O) groups is 2. The Kier molecular flexibility index (Phi) is 6.14. The Morgan fingerprint density at radius 2 is 1.70 bits per heavy atom. The van der Waals surface area contributed by atoms with Crippen LogP contribution in [-0.2, 0) is 28.6 Å². The normalized spacial score (nSPS) is 12.5. The molecule has 0 aliphatic heterocycles. The lowest BCUT2D eigenvalue weighted by molar-refractivity contribution is -0.142. The molecule has 27 heavy (non-hydrogen) atoms. The number of halogens is 5. The lowest BCUT2D eigenvalue weighted by atomic mass is 9.99. The summed E-state index contributed by atoms with van der Waals surface area (Å²) in [6, 6.07) is 5.28. The highest BCUT2D eigenvalue weighted by molar-refractivity contribution is 5.85. The van der Waals surface area contributed by atoms with Gasteiger partial charge in [0.2, 0.25) is 5.91 Å². The molecule has 0 saturated carbocycles. The predicted molar refractivity (Wildman–Crippen MR) is 84.8 cm³/mol. The van der Waals surface area contributed by atoms with Crippen molar-refractivity contribution in [2.24, 2.45) is 0 Å². The number of alkyl halides is 3. The minimum atomic E-state index is -4.68. The molecule has 0 aliphatic carbocycles. The maximum atomic E-state index is 13.6. The Labute approximate surface area is 150 Å². The van der Waals surface area contributed by atoms with Crippen molar-refractivity contribution in [3.63, 3.8) is 0 Å². The molecule has 2 aromatic carbocycles. The van der Waals surface area contributed by atoms with E-state index in [0.29, 0.717) is 6.07 Å². The summed E-state index contributed by atoms with van der Waals surface area (Å²) in [6.07, 6.45) is -5.87. The number of carbonyl (C=O) groups excluding carboxylic acids is 1. The van der Waals surface area contributed by atoms with E-state index in [9.17, 15) is 36.6 Å². The van der Waals surface area contributed by atoms with Gasteiger partial charge in [-0.2, -0.15) is 13.2 Å². The van der Waals surface area contributed by atoms with Crippen molar-refractivity contribution in [1.29, 1.82) is 0 Å². The number of carboxylic acid groups (broad SMARTS) is 1. The first kappa shape index (κ1) is 20.3. The van der Waals surface area contributed by atoms with E-state index in [1.54, 1.807) is 0 Å². The molecular formula is C18H14F5NO3. The number of nitrogens with one attached hydrogen (secondary N) is 1. The smallest absolute Gasteiger partial charge is 0.416 e. The highest BCUT2D eigenvalue weighted by atomic mass is 19.4. The monoisotopic (exact) mass is 387 g/mol. The summed E-state index contributed by atoms with van der Waals surface area (Å²) in [5.41, 5.74) is -1.48. The van der Waals surface area contributed by atoms with E-state index in [4.69, 9.17) is 0 Å². The molecule has 9 heteroatoms. The van der Waals surface area contributed by atoms with Crippen LogP contribution in [-0.4, -0.2) is 23.0 Å². The van der Waals surface area contributed by atoms with Crippen LogP contribution in [0, 0.1) is 11.6 Å². The molecular weight excluding hydrogens is 373 g/mol. The maximum absolute atomic E-state index is 13.6. The molecule has 144 valence electrons. The van der Waals surface area contributed by atoms with Gasteiger partial charge in [0.25, 0.3) is 0 Å². The summed E-state index contributed by atoms with van der Waals surface area (Å²) in [5, 5.41) is 11.3. The van der Waals surface area contributed by atoms with E-state index < -0.39 is 54.1 Å². The van der Waals surface area contributed by atoms with Crippen LogP contribution in [0.15, 0.2) is 42.5 Å². The minimum Gasteiger partial charge on any atom is -0.480 e. The first-order valence-corrected chi connectivity index (χ1v) is 7.69. The van der Waals surface area contributed by atoms with E-state index in [1.807, 2.05) is 0 Å². The van der Waals surface area contributed by atoms with Gasteiger partial charge < -0.3 is 10.4 Å². The fraction of sp³-hybridized carbons (Fsp3) is 0.222. The number of amides is 1. The van der Waals surface area contributed by atoms with Gasteiger partial charge in [0, 0.05) is 12.5 Å². The number of rotatable bonds is 6.